The zero-order valence-corrected chi connectivity index (χ0v) is 9.02. The Bertz CT molecular complexity index is 496. The van der Waals surface area contributed by atoms with Crippen molar-refractivity contribution in [2.24, 2.45) is 5.92 Å². The Labute approximate surface area is 96.6 Å². The molecule has 2 aromatic heterocycles. The van der Waals surface area contributed by atoms with Crippen molar-refractivity contribution in [2.75, 3.05) is 25.6 Å². The Morgan fingerprint density at radius 2 is 2.06 bits per heavy atom. The SMILES string of the molecule is Nc1ncnc2c1ncn2OCC(CO)CO. The van der Waals surface area contributed by atoms with E-state index in [4.69, 9.17) is 20.8 Å². The number of anilines is 1. The minimum absolute atomic E-state index is 0.153. The highest BCUT2D eigenvalue weighted by molar-refractivity contribution is 5.80. The molecule has 2 heterocycles. The number of nitrogen functional groups attached to an aromatic ring is 1. The average molecular weight is 239 g/mol. The Balaban J connectivity index is 2.17. The Morgan fingerprint density at radius 3 is 2.76 bits per heavy atom. The highest BCUT2D eigenvalue weighted by Gasteiger charge is 2.11. The molecule has 0 aliphatic carbocycles. The van der Waals surface area contributed by atoms with Gasteiger partial charge < -0.3 is 20.8 Å². The van der Waals surface area contributed by atoms with Crippen molar-refractivity contribution in [1.82, 2.24) is 19.7 Å². The summed E-state index contributed by atoms with van der Waals surface area (Å²) in [6, 6.07) is 0. The quantitative estimate of drug-likeness (QED) is 0.577. The van der Waals surface area contributed by atoms with Crippen LogP contribution in [0.15, 0.2) is 12.7 Å². The van der Waals surface area contributed by atoms with Crippen LogP contribution < -0.4 is 10.6 Å². The van der Waals surface area contributed by atoms with Crippen molar-refractivity contribution >= 4 is 17.0 Å². The van der Waals surface area contributed by atoms with Crippen LogP contribution in [0.3, 0.4) is 0 Å². The zero-order valence-electron chi connectivity index (χ0n) is 9.02. The van der Waals surface area contributed by atoms with Crippen LogP contribution in [0.25, 0.3) is 11.2 Å². The van der Waals surface area contributed by atoms with E-state index in [1.165, 1.54) is 17.4 Å². The summed E-state index contributed by atoms with van der Waals surface area (Å²) >= 11 is 0. The van der Waals surface area contributed by atoms with Crippen LogP contribution in [-0.2, 0) is 0 Å². The summed E-state index contributed by atoms with van der Waals surface area (Å²) in [5, 5.41) is 17.8. The summed E-state index contributed by atoms with van der Waals surface area (Å²) in [5.74, 6) is -0.0650. The first kappa shape index (κ1) is 11.6. The van der Waals surface area contributed by atoms with Gasteiger partial charge in [-0.15, -0.1) is 0 Å². The van der Waals surface area contributed by atoms with Gasteiger partial charge in [-0.2, -0.15) is 4.73 Å². The number of rotatable bonds is 5. The molecule has 0 saturated carbocycles. The highest BCUT2D eigenvalue weighted by Crippen LogP contribution is 2.12. The first-order chi connectivity index (χ1) is 8.26. The molecule has 0 aliphatic rings. The van der Waals surface area contributed by atoms with Gasteiger partial charge in [-0.3, -0.25) is 0 Å². The van der Waals surface area contributed by atoms with Crippen LogP contribution in [-0.4, -0.2) is 49.7 Å². The molecule has 0 saturated heterocycles. The molecule has 0 unspecified atom stereocenters. The standard InChI is InChI=1S/C9H13N5O3/c10-8-7-9(12-4-11-8)14(5-13-7)17-3-6(1-15)2-16/h4-6,15-16H,1-3H2,(H2,10,11,12). The predicted octanol–water partition coefficient (Wildman–Crippen LogP) is -1.56. The molecule has 0 amide bonds. The largest absolute Gasteiger partial charge is 0.410 e. The number of aliphatic hydroxyl groups excluding tert-OH is 2. The van der Waals surface area contributed by atoms with Gasteiger partial charge in [0.15, 0.2) is 11.3 Å². The highest BCUT2D eigenvalue weighted by atomic mass is 16.7. The van der Waals surface area contributed by atoms with E-state index < -0.39 is 0 Å². The van der Waals surface area contributed by atoms with Crippen molar-refractivity contribution in [3.63, 3.8) is 0 Å². The van der Waals surface area contributed by atoms with Crippen molar-refractivity contribution in [2.45, 2.75) is 0 Å². The molecule has 2 rings (SSSR count). The third-order valence-corrected chi connectivity index (χ3v) is 2.30. The lowest BCUT2D eigenvalue weighted by molar-refractivity contribution is 0.0388. The third kappa shape index (κ3) is 2.27. The Hall–Kier alpha value is -1.93. The van der Waals surface area contributed by atoms with Crippen molar-refractivity contribution in [3.8, 4) is 0 Å². The van der Waals surface area contributed by atoms with Gasteiger partial charge in [-0.05, 0) is 0 Å². The van der Waals surface area contributed by atoms with E-state index in [1.807, 2.05) is 0 Å². The maximum absolute atomic E-state index is 8.90. The lowest BCUT2D eigenvalue weighted by Crippen LogP contribution is -2.24. The molecular formula is C9H13N5O3. The number of aromatic nitrogens is 4. The fourth-order valence-corrected chi connectivity index (χ4v) is 1.28. The molecule has 0 fully saturated rings. The van der Waals surface area contributed by atoms with Crippen LogP contribution in [0.1, 0.15) is 0 Å². The van der Waals surface area contributed by atoms with Gasteiger partial charge in [0.2, 0.25) is 5.65 Å². The van der Waals surface area contributed by atoms with E-state index in [0.29, 0.717) is 11.2 Å². The second-order valence-corrected chi connectivity index (χ2v) is 3.53. The predicted molar refractivity (Wildman–Crippen MR) is 58.8 cm³/mol. The molecule has 0 aromatic carbocycles. The molecule has 0 bridgehead atoms. The molecule has 4 N–H and O–H groups in total. The number of fused-ring (bicyclic) bond motifs is 1. The topological polar surface area (TPSA) is 119 Å². The van der Waals surface area contributed by atoms with Gasteiger partial charge in [-0.25, -0.2) is 15.0 Å². The summed E-state index contributed by atoms with van der Waals surface area (Å²) in [6.45, 7) is -0.150. The van der Waals surface area contributed by atoms with Gasteiger partial charge in [-0.1, -0.05) is 0 Å². The second-order valence-electron chi connectivity index (χ2n) is 3.53. The number of hydrogen-bond donors (Lipinski definition) is 3. The van der Waals surface area contributed by atoms with Crippen molar-refractivity contribution < 1.29 is 15.1 Å². The molecular weight excluding hydrogens is 226 g/mol. The number of aliphatic hydroxyl groups is 2. The lowest BCUT2D eigenvalue weighted by atomic mass is 10.2. The molecule has 2 aromatic rings. The van der Waals surface area contributed by atoms with E-state index in [0.717, 1.165) is 0 Å². The van der Waals surface area contributed by atoms with E-state index in [1.54, 1.807) is 0 Å². The molecule has 92 valence electrons. The monoisotopic (exact) mass is 239 g/mol. The summed E-state index contributed by atoms with van der Waals surface area (Å²) in [4.78, 5) is 17.2. The summed E-state index contributed by atoms with van der Waals surface area (Å²) in [7, 11) is 0. The number of hydrogen-bond acceptors (Lipinski definition) is 7. The smallest absolute Gasteiger partial charge is 0.201 e. The molecule has 0 spiro atoms. The second kappa shape index (κ2) is 4.93. The van der Waals surface area contributed by atoms with E-state index in [2.05, 4.69) is 15.0 Å². The van der Waals surface area contributed by atoms with E-state index in [-0.39, 0.29) is 31.6 Å². The third-order valence-electron chi connectivity index (χ3n) is 2.30. The van der Waals surface area contributed by atoms with Gasteiger partial charge in [0.05, 0.1) is 13.2 Å². The fraction of sp³-hybridized carbons (Fsp3) is 0.444. The zero-order chi connectivity index (χ0) is 12.3. The Morgan fingerprint density at radius 1 is 1.29 bits per heavy atom. The molecule has 0 radical (unpaired) electrons. The van der Waals surface area contributed by atoms with Crippen LogP contribution in [0.2, 0.25) is 0 Å². The first-order valence-corrected chi connectivity index (χ1v) is 5.04. The van der Waals surface area contributed by atoms with Gasteiger partial charge in [0.25, 0.3) is 0 Å². The van der Waals surface area contributed by atoms with Crippen LogP contribution in [0, 0.1) is 5.92 Å². The number of imidazole rings is 1. The van der Waals surface area contributed by atoms with Crippen molar-refractivity contribution in [1.29, 1.82) is 0 Å². The molecule has 0 atom stereocenters. The molecule has 0 aliphatic heterocycles. The van der Waals surface area contributed by atoms with E-state index in [9.17, 15) is 0 Å². The van der Waals surface area contributed by atoms with Gasteiger partial charge in [0, 0.05) is 5.92 Å². The van der Waals surface area contributed by atoms with Gasteiger partial charge >= 0.3 is 0 Å². The van der Waals surface area contributed by atoms with Crippen LogP contribution in [0.5, 0.6) is 0 Å². The fourth-order valence-electron chi connectivity index (χ4n) is 1.28. The number of nitrogens with two attached hydrogens (primary N) is 1. The van der Waals surface area contributed by atoms with Crippen LogP contribution in [0.4, 0.5) is 5.82 Å². The van der Waals surface area contributed by atoms with E-state index >= 15 is 0 Å². The normalized spacial score (nSPS) is 11.2. The summed E-state index contributed by atoms with van der Waals surface area (Å²) in [5.41, 5.74) is 6.52. The summed E-state index contributed by atoms with van der Waals surface area (Å²) < 4.78 is 1.34. The van der Waals surface area contributed by atoms with Crippen molar-refractivity contribution in [3.05, 3.63) is 12.7 Å². The Kier molecular flexibility index (Phi) is 3.35. The first-order valence-electron chi connectivity index (χ1n) is 5.04. The minimum Gasteiger partial charge on any atom is -0.410 e. The summed E-state index contributed by atoms with van der Waals surface area (Å²) in [6.07, 6.45) is 2.73. The molecule has 8 nitrogen and oxygen atoms in total. The minimum atomic E-state index is -0.341. The molecule has 8 heteroatoms. The number of nitrogens with zero attached hydrogens (tertiary/aromatic N) is 4. The lowest BCUT2D eigenvalue weighted by Gasteiger charge is -2.12. The van der Waals surface area contributed by atoms with Crippen LogP contribution >= 0.6 is 0 Å². The van der Waals surface area contributed by atoms with Gasteiger partial charge in [0.1, 0.15) is 19.3 Å². The maximum atomic E-state index is 8.90. The molecule has 17 heavy (non-hydrogen) atoms. The average Bonchev–Trinajstić information content (AvgIpc) is 2.75. The maximum Gasteiger partial charge on any atom is 0.201 e.